The zero-order valence-corrected chi connectivity index (χ0v) is 17.4. The average molecular weight is 422 g/mol. The molecule has 2 aliphatic rings. The van der Waals surface area contributed by atoms with Crippen molar-refractivity contribution in [3.05, 3.63) is 66.1 Å². The number of fused-ring (bicyclic) bond motifs is 1. The molecule has 8 nitrogen and oxygen atoms in total. The van der Waals surface area contributed by atoms with Crippen molar-refractivity contribution >= 4 is 5.91 Å². The zero-order valence-electron chi connectivity index (χ0n) is 17.4. The summed E-state index contributed by atoms with van der Waals surface area (Å²) in [5, 5.41) is 3.06. The fourth-order valence-corrected chi connectivity index (χ4v) is 4.27. The molecule has 1 fully saturated rings. The Bertz CT molecular complexity index is 1030. The third kappa shape index (κ3) is 4.25. The number of para-hydroxylation sites is 1. The van der Waals surface area contributed by atoms with Gasteiger partial charge in [0.15, 0.2) is 17.7 Å². The van der Waals surface area contributed by atoms with Crippen molar-refractivity contribution in [1.82, 2.24) is 15.0 Å². The topological polar surface area (TPSA) is 75.8 Å². The molecule has 0 aliphatic carbocycles. The van der Waals surface area contributed by atoms with Crippen LogP contribution in [0.15, 0.2) is 55.0 Å². The minimum atomic E-state index is -0.0225. The molecule has 1 aromatic carbocycles. The van der Waals surface area contributed by atoms with Crippen LogP contribution in [0.4, 0.5) is 0 Å². The molecule has 31 heavy (non-hydrogen) atoms. The Morgan fingerprint density at radius 3 is 2.84 bits per heavy atom. The summed E-state index contributed by atoms with van der Waals surface area (Å²) >= 11 is 0. The van der Waals surface area contributed by atoms with Crippen molar-refractivity contribution in [3.63, 3.8) is 0 Å². The summed E-state index contributed by atoms with van der Waals surface area (Å²) in [5.74, 6) is 2.20. The van der Waals surface area contributed by atoms with Crippen molar-refractivity contribution in [2.75, 3.05) is 33.0 Å². The summed E-state index contributed by atoms with van der Waals surface area (Å²) in [6.45, 7) is 4.70. The molecule has 0 saturated carbocycles. The first kappa shape index (κ1) is 19.6. The van der Waals surface area contributed by atoms with Gasteiger partial charge in [-0.1, -0.05) is 12.1 Å². The minimum absolute atomic E-state index is 0.0225. The predicted octanol–water partition coefficient (Wildman–Crippen LogP) is 0.736. The van der Waals surface area contributed by atoms with Gasteiger partial charge in [-0.25, -0.2) is 5.10 Å². The van der Waals surface area contributed by atoms with E-state index in [-0.39, 0.29) is 12.7 Å². The van der Waals surface area contributed by atoms with E-state index >= 15 is 0 Å². The van der Waals surface area contributed by atoms with E-state index in [0.717, 1.165) is 29.4 Å². The van der Waals surface area contributed by atoms with Gasteiger partial charge in [-0.05, 0) is 23.2 Å². The van der Waals surface area contributed by atoms with E-state index in [2.05, 4.69) is 10.1 Å². The summed E-state index contributed by atoms with van der Waals surface area (Å²) < 4.78 is 13.0. The van der Waals surface area contributed by atoms with Crippen molar-refractivity contribution in [2.45, 2.75) is 19.4 Å². The van der Waals surface area contributed by atoms with E-state index in [1.165, 1.54) is 25.9 Å². The molecule has 160 valence electrons. The summed E-state index contributed by atoms with van der Waals surface area (Å²) in [6.07, 6.45) is 7.89. The highest BCUT2D eigenvalue weighted by atomic mass is 16.7. The molecule has 0 spiro atoms. The van der Waals surface area contributed by atoms with E-state index < -0.39 is 0 Å². The standard InChI is InChI=1S/C23H25N5O3/c29-23(18-7-8-21(24-15-18)28-12-4-9-25-28)27(14-13-26-10-1-2-11-26)16-19-5-3-6-20-22(19)31-17-30-20/h3-9,12,15H,1-2,10-11,13-14,16-17H2/p+2. The monoisotopic (exact) mass is 421 g/mol. The molecular weight excluding hydrogens is 394 g/mol. The first-order valence-corrected chi connectivity index (χ1v) is 10.8. The lowest BCUT2D eigenvalue weighted by molar-refractivity contribution is -0.886. The van der Waals surface area contributed by atoms with Gasteiger partial charge in [0.1, 0.15) is 6.20 Å². The number of aromatic nitrogens is 3. The molecule has 3 aromatic rings. The number of H-pyrrole nitrogens is 1. The smallest absolute Gasteiger partial charge is 0.346 e. The molecule has 2 aromatic heterocycles. The van der Waals surface area contributed by atoms with Crippen LogP contribution in [-0.4, -0.2) is 53.9 Å². The molecule has 2 aliphatic heterocycles. The van der Waals surface area contributed by atoms with Gasteiger partial charge in [0.05, 0.1) is 38.3 Å². The number of benzene rings is 1. The molecule has 1 saturated heterocycles. The number of quaternary nitrogens is 1. The zero-order chi connectivity index (χ0) is 21.0. The van der Waals surface area contributed by atoms with Gasteiger partial charge in [-0.15, -0.1) is 4.68 Å². The third-order valence-electron chi connectivity index (χ3n) is 5.96. The Morgan fingerprint density at radius 1 is 1.16 bits per heavy atom. The van der Waals surface area contributed by atoms with Crippen LogP contribution >= 0.6 is 0 Å². The fourth-order valence-electron chi connectivity index (χ4n) is 4.27. The Kier molecular flexibility index (Phi) is 5.54. The molecule has 0 bridgehead atoms. The maximum Gasteiger partial charge on any atom is 0.346 e. The number of likely N-dealkylation sites (tertiary alicyclic amines) is 1. The van der Waals surface area contributed by atoms with Crippen LogP contribution in [0.5, 0.6) is 11.5 Å². The molecule has 1 amide bonds. The van der Waals surface area contributed by atoms with Crippen LogP contribution in [-0.2, 0) is 6.54 Å². The number of rotatable bonds is 7. The van der Waals surface area contributed by atoms with Crippen LogP contribution in [0.1, 0.15) is 28.8 Å². The predicted molar refractivity (Wildman–Crippen MR) is 112 cm³/mol. The van der Waals surface area contributed by atoms with Crippen molar-refractivity contribution < 1.29 is 23.8 Å². The Morgan fingerprint density at radius 2 is 2.06 bits per heavy atom. The second-order valence-corrected chi connectivity index (χ2v) is 8.00. The number of pyridine rings is 1. The highest BCUT2D eigenvalue weighted by Gasteiger charge is 2.25. The number of nitrogens with zero attached hydrogens (tertiary/aromatic N) is 3. The molecule has 0 radical (unpaired) electrons. The number of hydrogen-bond donors (Lipinski definition) is 2. The van der Waals surface area contributed by atoms with Crippen molar-refractivity contribution in [1.29, 1.82) is 0 Å². The van der Waals surface area contributed by atoms with Crippen LogP contribution < -0.4 is 19.1 Å². The number of aromatic amines is 1. The maximum absolute atomic E-state index is 13.4. The van der Waals surface area contributed by atoms with Crippen molar-refractivity contribution in [3.8, 4) is 17.3 Å². The largest absolute Gasteiger partial charge is 0.454 e. The molecule has 0 unspecified atom stereocenters. The lowest BCUT2D eigenvalue weighted by Crippen LogP contribution is -3.10. The Hall–Kier alpha value is -3.39. The highest BCUT2D eigenvalue weighted by Crippen LogP contribution is 2.36. The summed E-state index contributed by atoms with van der Waals surface area (Å²) in [5.41, 5.74) is 1.54. The molecule has 0 atom stereocenters. The SMILES string of the molecule is O=C(c1ccc(-[n+]2ccc[nH]2)nc1)N(CC[NH+]1CCCC1)Cc1cccc2c1OCO2. The van der Waals surface area contributed by atoms with Gasteiger partial charge in [0, 0.05) is 30.7 Å². The summed E-state index contributed by atoms with van der Waals surface area (Å²) in [4.78, 5) is 21.4. The highest BCUT2D eigenvalue weighted by molar-refractivity contribution is 5.94. The van der Waals surface area contributed by atoms with Gasteiger partial charge in [-0.3, -0.25) is 4.79 Å². The molecule has 8 heteroatoms. The second-order valence-electron chi connectivity index (χ2n) is 8.00. The van der Waals surface area contributed by atoms with Crippen LogP contribution in [0.2, 0.25) is 0 Å². The lowest BCUT2D eigenvalue weighted by atomic mass is 10.1. The number of carbonyl (C=O) groups is 1. The van der Waals surface area contributed by atoms with Crippen LogP contribution in [0, 0.1) is 0 Å². The van der Waals surface area contributed by atoms with Gasteiger partial charge in [-0.2, -0.15) is 0 Å². The lowest BCUT2D eigenvalue weighted by Gasteiger charge is -2.24. The maximum atomic E-state index is 13.4. The number of amides is 1. The van der Waals surface area contributed by atoms with Gasteiger partial charge in [0.2, 0.25) is 6.79 Å². The van der Waals surface area contributed by atoms with Gasteiger partial charge in [0.25, 0.3) is 5.91 Å². The molecular formula is C23H27N5O3+2. The third-order valence-corrected chi connectivity index (χ3v) is 5.96. The minimum Gasteiger partial charge on any atom is -0.454 e. The van der Waals surface area contributed by atoms with Crippen LogP contribution in [0.25, 0.3) is 5.82 Å². The van der Waals surface area contributed by atoms with E-state index in [0.29, 0.717) is 18.7 Å². The number of hydrogen-bond acceptors (Lipinski definition) is 4. The van der Waals surface area contributed by atoms with E-state index in [1.807, 2.05) is 53.7 Å². The summed E-state index contributed by atoms with van der Waals surface area (Å²) in [6, 6.07) is 11.4. The number of nitrogens with one attached hydrogen (secondary N) is 2. The molecule has 4 heterocycles. The first-order chi connectivity index (χ1) is 15.3. The first-order valence-electron chi connectivity index (χ1n) is 10.8. The van der Waals surface area contributed by atoms with E-state index in [9.17, 15) is 4.79 Å². The second kappa shape index (κ2) is 8.77. The van der Waals surface area contributed by atoms with Gasteiger partial charge < -0.3 is 19.3 Å². The Balaban J connectivity index is 1.36. The average Bonchev–Trinajstić information content (AvgIpc) is 3.58. The molecule has 2 N–H and O–H groups in total. The van der Waals surface area contributed by atoms with Gasteiger partial charge >= 0.3 is 5.82 Å². The fraction of sp³-hybridized carbons (Fsp3) is 0.348. The summed E-state index contributed by atoms with van der Waals surface area (Å²) in [7, 11) is 0. The van der Waals surface area contributed by atoms with Crippen molar-refractivity contribution in [2.24, 2.45) is 0 Å². The normalized spacial score (nSPS) is 15.4. The number of carbonyl (C=O) groups excluding carboxylic acids is 1. The van der Waals surface area contributed by atoms with E-state index in [1.54, 1.807) is 15.8 Å². The number of ether oxygens (including phenoxy) is 2. The van der Waals surface area contributed by atoms with Crippen LogP contribution in [0.3, 0.4) is 0 Å². The Labute approximate surface area is 181 Å². The molecule has 5 rings (SSSR count). The quantitative estimate of drug-likeness (QED) is 0.552. The van der Waals surface area contributed by atoms with E-state index in [4.69, 9.17) is 9.47 Å².